The molecule has 0 aromatic rings. The van der Waals surface area contributed by atoms with E-state index in [1.54, 1.807) is 0 Å². The van der Waals surface area contributed by atoms with E-state index in [0.29, 0.717) is 11.8 Å². The van der Waals surface area contributed by atoms with Crippen LogP contribution in [0.2, 0.25) is 0 Å². The predicted molar refractivity (Wildman–Crippen MR) is 114 cm³/mol. The van der Waals surface area contributed by atoms with Gasteiger partial charge >= 0.3 is 0 Å². The van der Waals surface area contributed by atoms with Crippen LogP contribution in [0.25, 0.3) is 0 Å². The Kier molecular flexibility index (Phi) is 9.10. The molecule has 0 saturated carbocycles. The molecule has 2 heterocycles. The molecule has 2 saturated heterocycles. The lowest BCUT2D eigenvalue weighted by Gasteiger charge is -2.41. The number of aliphatic hydroxyl groups excluding tert-OH is 7. The minimum atomic E-state index is -1.63. The molecule has 0 bridgehead atoms. The Hall–Kier alpha value is -0.880. The van der Waals surface area contributed by atoms with Crippen LogP contribution in [0.1, 0.15) is 0 Å². The third kappa shape index (κ3) is 5.52. The third-order valence-corrected chi connectivity index (χ3v) is 8.04. The van der Waals surface area contributed by atoms with Crippen molar-refractivity contribution in [2.75, 3.05) is 20.3 Å². The van der Waals surface area contributed by atoms with E-state index in [0.717, 1.165) is 23.9 Å². The molecule has 3 aliphatic rings. The largest absolute Gasteiger partial charge is 0.394 e. The first-order chi connectivity index (χ1) is 15.6. The van der Waals surface area contributed by atoms with Gasteiger partial charge in [0.05, 0.1) is 40.5 Å². The normalized spacial score (nSPS) is 42.2. The van der Waals surface area contributed by atoms with Gasteiger partial charge in [0, 0.05) is 19.3 Å². The van der Waals surface area contributed by atoms with E-state index >= 15 is 0 Å². The minimum Gasteiger partial charge on any atom is -0.394 e. The first-order valence-electron chi connectivity index (χ1n) is 9.94. The molecule has 10 atom stereocenters. The summed E-state index contributed by atoms with van der Waals surface area (Å²) >= 11 is 1.42. The van der Waals surface area contributed by atoms with Crippen molar-refractivity contribution in [1.82, 2.24) is 0 Å². The van der Waals surface area contributed by atoms with Crippen molar-refractivity contribution >= 4 is 35.1 Å². The predicted octanol–water partition coefficient (Wildman–Crippen LogP) is -3.37. The van der Waals surface area contributed by atoms with Crippen molar-refractivity contribution in [1.29, 1.82) is 0 Å². The number of carbonyl (C=O) groups excluding carboxylic acids is 2. The fourth-order valence-electron chi connectivity index (χ4n) is 3.54. The zero-order valence-electron chi connectivity index (χ0n) is 17.3. The van der Waals surface area contributed by atoms with E-state index in [1.807, 2.05) is 0 Å². The summed E-state index contributed by atoms with van der Waals surface area (Å²) in [5.41, 5.74) is -1.24. The molecule has 0 unspecified atom stereocenters. The molecule has 2 fully saturated rings. The van der Waals surface area contributed by atoms with Crippen LogP contribution in [-0.2, 0) is 23.8 Å². The first-order valence-corrected chi connectivity index (χ1v) is 11.7. The fourth-order valence-corrected chi connectivity index (χ4v) is 5.88. The molecule has 3 rings (SSSR count). The van der Waals surface area contributed by atoms with E-state index in [4.69, 9.17) is 14.2 Å². The maximum Gasteiger partial charge on any atom is 0.193 e. The second-order valence-electron chi connectivity index (χ2n) is 7.59. The van der Waals surface area contributed by atoms with E-state index in [1.165, 1.54) is 7.11 Å². The fraction of sp³-hybridized carbons (Fsp3) is 0.684. The SMILES string of the molecule is CO[C@H]1O[C@H](CO)[C@@H](SC2=CC(=O)C(S[C@@H]3O[C@H](CO)[C@@H](O)[C@H](O)[C@H]3O)=CC2=O)[C@H](O)[C@H]1O. The van der Waals surface area contributed by atoms with Crippen molar-refractivity contribution in [2.24, 2.45) is 0 Å². The average molecular weight is 511 g/mol. The molecule has 0 radical (unpaired) electrons. The van der Waals surface area contributed by atoms with Crippen molar-refractivity contribution in [2.45, 2.75) is 59.7 Å². The quantitative estimate of drug-likeness (QED) is 0.167. The summed E-state index contributed by atoms with van der Waals surface area (Å²) in [5, 5.41) is 68.3. The Labute approximate surface area is 196 Å². The summed E-state index contributed by atoms with van der Waals surface area (Å²) in [6.45, 7) is -1.17. The number of methoxy groups -OCH3 is 1. The number of thioether (sulfide) groups is 2. The number of hydrogen-bond acceptors (Lipinski definition) is 14. The third-order valence-electron chi connectivity index (χ3n) is 5.42. The Bertz CT molecular complexity index is 800. The molecule has 0 spiro atoms. The monoisotopic (exact) mass is 510 g/mol. The van der Waals surface area contributed by atoms with E-state index < -0.39 is 84.5 Å². The van der Waals surface area contributed by atoms with Crippen LogP contribution in [-0.4, -0.2) is 127 Å². The maximum atomic E-state index is 12.7. The number of aliphatic hydroxyl groups is 7. The highest BCUT2D eigenvalue weighted by Crippen LogP contribution is 2.39. The molecule has 0 aromatic carbocycles. The molecule has 33 heavy (non-hydrogen) atoms. The van der Waals surface area contributed by atoms with Gasteiger partial charge in [-0.05, 0) is 0 Å². The number of rotatable bonds is 7. The van der Waals surface area contributed by atoms with Gasteiger partial charge in [-0.3, -0.25) is 9.59 Å². The minimum absolute atomic E-state index is 0.0627. The molecule has 1 aliphatic carbocycles. The zero-order valence-corrected chi connectivity index (χ0v) is 19.0. The number of ether oxygens (including phenoxy) is 3. The number of hydrogen-bond donors (Lipinski definition) is 7. The molecule has 12 nitrogen and oxygen atoms in total. The smallest absolute Gasteiger partial charge is 0.193 e. The van der Waals surface area contributed by atoms with Crippen LogP contribution < -0.4 is 0 Å². The van der Waals surface area contributed by atoms with Gasteiger partial charge < -0.3 is 50.0 Å². The molecule has 2 aliphatic heterocycles. The zero-order chi connectivity index (χ0) is 24.4. The van der Waals surface area contributed by atoms with E-state index in [2.05, 4.69) is 0 Å². The Morgan fingerprint density at radius 2 is 1.36 bits per heavy atom. The molecule has 14 heteroatoms. The van der Waals surface area contributed by atoms with Gasteiger partial charge in [0.2, 0.25) is 0 Å². The summed E-state index contributed by atoms with van der Waals surface area (Å²) in [6.07, 6.45) is -8.97. The summed E-state index contributed by atoms with van der Waals surface area (Å²) in [6, 6.07) is 0. The molecule has 0 aromatic heterocycles. The topological polar surface area (TPSA) is 203 Å². The van der Waals surface area contributed by atoms with Gasteiger partial charge in [-0.2, -0.15) is 0 Å². The first kappa shape index (κ1) is 26.7. The lowest BCUT2D eigenvalue weighted by atomic mass is 10.0. The van der Waals surface area contributed by atoms with Crippen LogP contribution in [0.15, 0.2) is 22.0 Å². The maximum absolute atomic E-state index is 12.7. The van der Waals surface area contributed by atoms with E-state index in [9.17, 15) is 45.3 Å². The molecular weight excluding hydrogens is 484 g/mol. The molecular formula is C19H26O12S2. The van der Waals surface area contributed by atoms with Gasteiger partial charge in [0.1, 0.15) is 36.0 Å². The lowest BCUT2D eigenvalue weighted by molar-refractivity contribution is -0.259. The van der Waals surface area contributed by atoms with Crippen molar-refractivity contribution in [3.8, 4) is 0 Å². The summed E-state index contributed by atoms with van der Waals surface area (Å²) in [4.78, 5) is 25.1. The Morgan fingerprint density at radius 3 is 1.91 bits per heavy atom. The second kappa shape index (κ2) is 11.2. The van der Waals surface area contributed by atoms with Crippen molar-refractivity contribution in [3.63, 3.8) is 0 Å². The van der Waals surface area contributed by atoms with Crippen LogP contribution in [0.4, 0.5) is 0 Å². The van der Waals surface area contributed by atoms with Gasteiger partial charge in [0.15, 0.2) is 17.9 Å². The van der Waals surface area contributed by atoms with E-state index in [-0.39, 0.29) is 9.81 Å². The van der Waals surface area contributed by atoms with Crippen molar-refractivity contribution in [3.05, 3.63) is 22.0 Å². The average Bonchev–Trinajstić information content (AvgIpc) is 2.80. The Morgan fingerprint density at radius 1 is 0.788 bits per heavy atom. The van der Waals surface area contributed by atoms with Gasteiger partial charge in [-0.15, -0.1) is 11.8 Å². The second-order valence-corrected chi connectivity index (χ2v) is 9.95. The standard InChI is InChI=1S/C19H26O12S2/c1-29-18-15(27)14(26)17(9(5-21)30-18)32-10-2-7(23)11(3-6(10)22)33-19-16(28)13(25)12(24)8(4-20)31-19/h2-3,8-9,12-21,24-28H,4-5H2,1H3/t8-,9-,12-,13+,14-,15-,16-,17-,18+,19+/m1/s1. The van der Waals surface area contributed by atoms with Crippen LogP contribution in [0, 0.1) is 0 Å². The van der Waals surface area contributed by atoms with Gasteiger partial charge in [-0.25, -0.2) is 0 Å². The Balaban J connectivity index is 1.71. The summed E-state index contributed by atoms with van der Waals surface area (Å²) in [7, 11) is 1.26. The number of carbonyl (C=O) groups is 2. The number of ketones is 2. The lowest BCUT2D eigenvalue weighted by Crippen LogP contribution is -2.57. The highest BCUT2D eigenvalue weighted by molar-refractivity contribution is 8.05. The van der Waals surface area contributed by atoms with Crippen molar-refractivity contribution < 1.29 is 59.5 Å². The molecule has 186 valence electrons. The molecule has 0 amide bonds. The summed E-state index contributed by atoms with van der Waals surface area (Å²) < 4.78 is 15.7. The highest BCUT2D eigenvalue weighted by atomic mass is 32.2. The van der Waals surface area contributed by atoms with Gasteiger partial charge in [-0.1, -0.05) is 11.8 Å². The van der Waals surface area contributed by atoms with Gasteiger partial charge in [0.25, 0.3) is 0 Å². The van der Waals surface area contributed by atoms with Crippen LogP contribution in [0.5, 0.6) is 0 Å². The van der Waals surface area contributed by atoms with Crippen LogP contribution in [0.3, 0.4) is 0 Å². The highest BCUT2D eigenvalue weighted by Gasteiger charge is 2.47. The molecule has 7 N–H and O–H groups in total. The summed E-state index contributed by atoms with van der Waals surface area (Å²) in [5.74, 6) is -1.24. The number of allylic oxidation sites excluding steroid dienone is 4. The van der Waals surface area contributed by atoms with Crippen LogP contribution >= 0.6 is 23.5 Å².